The number of fused-ring (bicyclic) bond motifs is 3. The Hall–Kier alpha value is -3.55. The van der Waals surface area contributed by atoms with Crippen molar-refractivity contribution in [2.45, 2.75) is 12.0 Å². The van der Waals surface area contributed by atoms with Gasteiger partial charge in [0.05, 0.1) is 30.8 Å². The quantitative estimate of drug-likeness (QED) is 0.414. The zero-order valence-corrected chi connectivity index (χ0v) is 19.4. The molecule has 34 heavy (non-hydrogen) atoms. The number of anilines is 1. The summed E-state index contributed by atoms with van der Waals surface area (Å²) in [5.74, 6) is 0.945. The molecular weight excluding hydrogens is 430 g/mol. The molecule has 2 heterocycles. The number of hydrogen-bond acceptors (Lipinski definition) is 5. The van der Waals surface area contributed by atoms with Gasteiger partial charge in [0.1, 0.15) is 16.9 Å². The fraction of sp³-hybridized carbons (Fsp3) is 0.296. The molecule has 0 saturated carbocycles. The smallest absolute Gasteiger partial charge is 0.319 e. The average molecular weight is 460 g/mol. The lowest BCUT2D eigenvalue weighted by Gasteiger charge is -2.20. The van der Waals surface area contributed by atoms with Crippen molar-refractivity contribution in [3.8, 4) is 5.75 Å². The molecule has 3 aromatic carbocycles. The minimum Gasteiger partial charge on any atom is -0.497 e. The third kappa shape index (κ3) is 4.44. The monoisotopic (exact) mass is 459 g/mol. The Morgan fingerprint density at radius 1 is 1.03 bits per heavy atom. The van der Waals surface area contributed by atoms with Crippen LogP contribution in [0.1, 0.15) is 11.5 Å². The molecule has 2 amide bonds. The van der Waals surface area contributed by atoms with Crippen LogP contribution in [0.5, 0.6) is 5.75 Å². The number of benzene rings is 3. The summed E-state index contributed by atoms with van der Waals surface area (Å²) in [7, 11) is 3.35. The summed E-state index contributed by atoms with van der Waals surface area (Å²) >= 11 is 0. The molecule has 0 bridgehead atoms. The Balaban J connectivity index is 1.38. The van der Waals surface area contributed by atoms with Crippen molar-refractivity contribution in [1.82, 2.24) is 10.2 Å². The van der Waals surface area contributed by atoms with Crippen LogP contribution in [-0.4, -0.2) is 57.4 Å². The van der Waals surface area contributed by atoms with E-state index in [-0.39, 0.29) is 18.0 Å². The highest BCUT2D eigenvalue weighted by atomic mass is 16.5. The van der Waals surface area contributed by atoms with Gasteiger partial charge >= 0.3 is 6.03 Å². The van der Waals surface area contributed by atoms with Crippen molar-refractivity contribution in [3.05, 3.63) is 72.3 Å². The fourth-order valence-corrected chi connectivity index (χ4v) is 4.84. The zero-order valence-electron chi connectivity index (χ0n) is 19.4. The van der Waals surface area contributed by atoms with E-state index >= 15 is 0 Å². The first-order chi connectivity index (χ1) is 16.7. The molecule has 2 N–H and O–H groups in total. The molecule has 1 aromatic heterocycles. The van der Waals surface area contributed by atoms with Gasteiger partial charge in [0, 0.05) is 38.0 Å². The van der Waals surface area contributed by atoms with Gasteiger partial charge in [-0.15, -0.1) is 0 Å². The molecule has 0 radical (unpaired) electrons. The lowest BCUT2D eigenvalue weighted by Crippen LogP contribution is -2.42. The molecule has 1 aliphatic heterocycles. The molecule has 7 heteroatoms. The van der Waals surface area contributed by atoms with Gasteiger partial charge in [0.25, 0.3) is 0 Å². The Morgan fingerprint density at radius 3 is 2.68 bits per heavy atom. The summed E-state index contributed by atoms with van der Waals surface area (Å²) in [5.41, 5.74) is 3.39. The largest absolute Gasteiger partial charge is 0.497 e. The minimum atomic E-state index is -0.232. The van der Waals surface area contributed by atoms with Gasteiger partial charge in [0.15, 0.2) is 0 Å². The molecule has 4 aromatic rings. The number of hydrogen-bond donors (Lipinski definition) is 2. The van der Waals surface area contributed by atoms with Crippen molar-refractivity contribution in [2.24, 2.45) is 0 Å². The third-order valence-electron chi connectivity index (χ3n) is 6.50. The van der Waals surface area contributed by atoms with E-state index in [1.54, 1.807) is 14.2 Å². The van der Waals surface area contributed by atoms with E-state index in [0.717, 1.165) is 47.3 Å². The number of methoxy groups -OCH3 is 2. The minimum absolute atomic E-state index is 0.0142. The second-order valence-electron chi connectivity index (χ2n) is 8.62. The van der Waals surface area contributed by atoms with Crippen LogP contribution in [0.3, 0.4) is 0 Å². The van der Waals surface area contributed by atoms with Crippen LogP contribution in [-0.2, 0) is 4.74 Å². The van der Waals surface area contributed by atoms with E-state index < -0.39 is 0 Å². The number of carbonyl (C=O) groups is 1. The molecule has 1 fully saturated rings. The molecule has 0 spiro atoms. The standard InChI is InChI=1S/C27H29N3O4/c1-32-14-13-30-16-21(18-7-4-3-5-8-18)23(17-30)29-27(31)28-22-9-6-10-25-26(22)20-15-19(33-2)11-12-24(20)34-25/h3-12,15,21,23H,13-14,16-17H2,1-2H3,(H2,28,29,31)/t21-,23+/m0/s1. The second kappa shape index (κ2) is 9.75. The number of rotatable bonds is 7. The van der Waals surface area contributed by atoms with Crippen LogP contribution >= 0.6 is 0 Å². The van der Waals surface area contributed by atoms with Crippen molar-refractivity contribution < 1.29 is 18.7 Å². The van der Waals surface area contributed by atoms with Crippen LogP contribution in [0.25, 0.3) is 21.9 Å². The highest BCUT2D eigenvalue weighted by Crippen LogP contribution is 2.36. The summed E-state index contributed by atoms with van der Waals surface area (Å²) in [5, 5.41) is 8.05. The summed E-state index contributed by atoms with van der Waals surface area (Å²) in [6.07, 6.45) is 0. The maximum atomic E-state index is 13.2. The number of carbonyl (C=O) groups excluding carboxylic acids is 1. The maximum Gasteiger partial charge on any atom is 0.319 e. The van der Waals surface area contributed by atoms with Crippen LogP contribution < -0.4 is 15.4 Å². The summed E-state index contributed by atoms with van der Waals surface area (Å²) < 4.78 is 16.6. The molecule has 5 rings (SSSR count). The van der Waals surface area contributed by atoms with Gasteiger partial charge < -0.3 is 24.5 Å². The highest BCUT2D eigenvalue weighted by Gasteiger charge is 2.34. The number of ether oxygens (including phenoxy) is 2. The zero-order chi connectivity index (χ0) is 23.5. The number of nitrogens with zero attached hydrogens (tertiary/aromatic N) is 1. The Labute approximate surface area is 198 Å². The lowest BCUT2D eigenvalue weighted by atomic mass is 9.94. The predicted octanol–water partition coefficient (Wildman–Crippen LogP) is 4.83. The number of furan rings is 1. The van der Waals surface area contributed by atoms with Crippen LogP contribution in [0.4, 0.5) is 10.5 Å². The van der Waals surface area contributed by atoms with Crippen molar-refractivity contribution in [2.75, 3.05) is 45.8 Å². The Kier molecular flexibility index (Phi) is 6.38. The van der Waals surface area contributed by atoms with Gasteiger partial charge in [0.2, 0.25) is 0 Å². The van der Waals surface area contributed by atoms with Crippen LogP contribution in [0.2, 0.25) is 0 Å². The van der Waals surface area contributed by atoms with Crippen molar-refractivity contribution in [3.63, 3.8) is 0 Å². The molecule has 1 aliphatic rings. The Morgan fingerprint density at radius 2 is 1.88 bits per heavy atom. The van der Waals surface area contributed by atoms with E-state index in [4.69, 9.17) is 13.9 Å². The van der Waals surface area contributed by atoms with Gasteiger partial charge in [-0.1, -0.05) is 36.4 Å². The SMILES string of the molecule is COCCN1C[C@@H](NC(=O)Nc2cccc3oc4ccc(OC)cc4c23)[C@H](c2ccccc2)C1. The van der Waals surface area contributed by atoms with E-state index in [9.17, 15) is 4.79 Å². The molecule has 1 saturated heterocycles. The van der Waals surface area contributed by atoms with Crippen LogP contribution in [0, 0.1) is 0 Å². The van der Waals surface area contributed by atoms with E-state index in [2.05, 4.69) is 27.7 Å². The van der Waals surface area contributed by atoms with E-state index in [1.165, 1.54) is 5.56 Å². The second-order valence-corrected chi connectivity index (χ2v) is 8.62. The predicted molar refractivity (Wildman–Crippen MR) is 134 cm³/mol. The van der Waals surface area contributed by atoms with Crippen molar-refractivity contribution >= 4 is 33.7 Å². The molecule has 0 aliphatic carbocycles. The van der Waals surface area contributed by atoms with Gasteiger partial charge in [-0.25, -0.2) is 4.79 Å². The molecule has 0 unspecified atom stereocenters. The number of nitrogens with one attached hydrogen (secondary N) is 2. The first-order valence-electron chi connectivity index (χ1n) is 11.5. The summed E-state index contributed by atoms with van der Waals surface area (Å²) in [6, 6.07) is 21.5. The topological polar surface area (TPSA) is 76.0 Å². The fourth-order valence-electron chi connectivity index (χ4n) is 4.84. The lowest BCUT2D eigenvalue weighted by molar-refractivity contribution is 0.159. The number of amides is 2. The van der Waals surface area contributed by atoms with E-state index in [1.807, 2.05) is 54.6 Å². The normalized spacial score (nSPS) is 18.4. The number of likely N-dealkylation sites (tertiary alicyclic amines) is 1. The number of urea groups is 1. The van der Waals surface area contributed by atoms with Crippen molar-refractivity contribution in [1.29, 1.82) is 0 Å². The van der Waals surface area contributed by atoms with E-state index in [0.29, 0.717) is 12.3 Å². The average Bonchev–Trinajstić information content (AvgIpc) is 3.44. The molecule has 2 atom stereocenters. The first-order valence-corrected chi connectivity index (χ1v) is 11.5. The Bertz CT molecular complexity index is 1290. The van der Waals surface area contributed by atoms with Gasteiger partial charge in [-0.2, -0.15) is 0 Å². The first kappa shape index (κ1) is 22.3. The molecular formula is C27H29N3O4. The third-order valence-corrected chi connectivity index (χ3v) is 6.50. The maximum absolute atomic E-state index is 13.2. The van der Waals surface area contributed by atoms with Gasteiger partial charge in [-0.3, -0.25) is 4.90 Å². The van der Waals surface area contributed by atoms with Crippen LogP contribution in [0.15, 0.2) is 71.1 Å². The molecule has 7 nitrogen and oxygen atoms in total. The summed E-state index contributed by atoms with van der Waals surface area (Å²) in [4.78, 5) is 15.5. The van der Waals surface area contributed by atoms with Gasteiger partial charge in [-0.05, 0) is 35.9 Å². The summed E-state index contributed by atoms with van der Waals surface area (Å²) in [6.45, 7) is 3.15. The highest BCUT2D eigenvalue weighted by molar-refractivity contribution is 6.14. The molecule has 176 valence electrons.